The van der Waals surface area contributed by atoms with Crippen LogP contribution in [0.3, 0.4) is 0 Å². The van der Waals surface area contributed by atoms with Gasteiger partial charge in [-0.3, -0.25) is 0 Å². The second-order valence-corrected chi connectivity index (χ2v) is 4.98. The number of hydrogen-bond acceptors (Lipinski definition) is 1. The van der Waals surface area contributed by atoms with E-state index in [1.54, 1.807) is 0 Å². The minimum atomic E-state index is -0.879. The van der Waals surface area contributed by atoms with E-state index >= 15 is 0 Å². The summed E-state index contributed by atoms with van der Waals surface area (Å²) in [6.45, 7) is 6.66. The van der Waals surface area contributed by atoms with E-state index in [1.165, 1.54) is 0 Å². The summed E-state index contributed by atoms with van der Waals surface area (Å²) in [5.41, 5.74) is -0.0456. The monoisotopic (exact) mass is 273 g/mol. The summed E-state index contributed by atoms with van der Waals surface area (Å²) in [6, 6.07) is 1.08. The highest BCUT2D eigenvalue weighted by molar-refractivity contribution is 5.25. The van der Waals surface area contributed by atoms with E-state index in [1.807, 2.05) is 20.8 Å². The average molecular weight is 273 g/mol. The van der Waals surface area contributed by atoms with Gasteiger partial charge in [0.05, 0.1) is 0 Å². The zero-order chi connectivity index (χ0) is 14.4. The van der Waals surface area contributed by atoms with Crippen LogP contribution in [0.5, 0.6) is 0 Å². The number of rotatable bonds is 7. The summed E-state index contributed by atoms with van der Waals surface area (Å²) >= 11 is 0. The first-order valence-electron chi connectivity index (χ1n) is 6.89. The van der Waals surface area contributed by atoms with Crippen molar-refractivity contribution >= 4 is 0 Å². The largest absolute Gasteiger partial charge is 0.310 e. The molecule has 1 rings (SSSR count). The maximum absolute atomic E-state index is 13.9. The SMILES string of the molecule is CCCNC(c1c(F)cc(F)cc1F)C(C)CCC. The number of nitrogens with one attached hydrogen (secondary N) is 1. The average Bonchev–Trinajstić information content (AvgIpc) is 2.32. The molecule has 0 aromatic heterocycles. The van der Waals surface area contributed by atoms with Crippen molar-refractivity contribution in [2.75, 3.05) is 6.54 Å². The molecule has 108 valence electrons. The molecule has 0 aliphatic heterocycles. The first-order valence-corrected chi connectivity index (χ1v) is 6.89. The fraction of sp³-hybridized carbons (Fsp3) is 0.600. The molecule has 0 spiro atoms. The molecule has 0 heterocycles. The third-order valence-corrected chi connectivity index (χ3v) is 3.28. The number of benzene rings is 1. The van der Waals surface area contributed by atoms with Gasteiger partial charge in [0.15, 0.2) is 0 Å². The van der Waals surface area contributed by atoms with Gasteiger partial charge in [-0.2, -0.15) is 0 Å². The Kier molecular flexibility index (Phi) is 6.35. The van der Waals surface area contributed by atoms with Crippen molar-refractivity contribution in [3.63, 3.8) is 0 Å². The quantitative estimate of drug-likeness (QED) is 0.766. The van der Waals surface area contributed by atoms with Crippen LogP contribution in [0.1, 0.15) is 51.6 Å². The van der Waals surface area contributed by atoms with Crippen LogP contribution >= 0.6 is 0 Å². The first-order chi connectivity index (χ1) is 9.01. The van der Waals surface area contributed by atoms with Gasteiger partial charge in [0.25, 0.3) is 0 Å². The molecule has 0 bridgehead atoms. The summed E-state index contributed by atoms with van der Waals surface area (Å²) < 4.78 is 40.7. The van der Waals surface area contributed by atoms with Gasteiger partial charge in [-0.1, -0.05) is 27.2 Å². The van der Waals surface area contributed by atoms with E-state index in [2.05, 4.69) is 5.32 Å². The summed E-state index contributed by atoms with van der Waals surface area (Å²) in [5, 5.41) is 3.17. The molecule has 1 aromatic carbocycles. The van der Waals surface area contributed by atoms with Gasteiger partial charge < -0.3 is 5.32 Å². The Labute approximate surface area is 113 Å². The summed E-state index contributed by atoms with van der Waals surface area (Å²) in [7, 11) is 0. The number of halogens is 3. The second-order valence-electron chi connectivity index (χ2n) is 4.98. The maximum atomic E-state index is 13.9. The van der Waals surface area contributed by atoms with Crippen LogP contribution in [0.4, 0.5) is 13.2 Å². The Morgan fingerprint density at radius 1 is 1.05 bits per heavy atom. The molecule has 4 heteroatoms. The Bertz CT molecular complexity index is 383. The van der Waals surface area contributed by atoms with Crippen molar-refractivity contribution in [3.05, 3.63) is 35.1 Å². The minimum Gasteiger partial charge on any atom is -0.310 e. The molecule has 1 N–H and O–H groups in total. The van der Waals surface area contributed by atoms with E-state index in [4.69, 9.17) is 0 Å². The molecule has 0 amide bonds. The van der Waals surface area contributed by atoms with Gasteiger partial charge in [-0.25, -0.2) is 13.2 Å². The van der Waals surface area contributed by atoms with E-state index in [0.717, 1.165) is 31.4 Å². The minimum absolute atomic E-state index is 0.0456. The van der Waals surface area contributed by atoms with Crippen molar-refractivity contribution in [3.8, 4) is 0 Å². The van der Waals surface area contributed by atoms with Crippen LogP contribution in [-0.2, 0) is 0 Å². The fourth-order valence-electron chi connectivity index (χ4n) is 2.36. The lowest BCUT2D eigenvalue weighted by Gasteiger charge is -2.26. The van der Waals surface area contributed by atoms with E-state index < -0.39 is 23.5 Å². The molecular weight excluding hydrogens is 251 g/mol. The van der Waals surface area contributed by atoms with Crippen LogP contribution in [0, 0.1) is 23.4 Å². The van der Waals surface area contributed by atoms with E-state index in [0.29, 0.717) is 6.54 Å². The lowest BCUT2D eigenvalue weighted by Crippen LogP contribution is -2.29. The normalized spacial score (nSPS) is 14.4. The van der Waals surface area contributed by atoms with Gasteiger partial charge in [0.1, 0.15) is 17.5 Å². The van der Waals surface area contributed by atoms with Crippen molar-refractivity contribution in [2.24, 2.45) is 5.92 Å². The predicted octanol–water partition coefficient (Wildman–Crippen LogP) is 4.58. The molecule has 0 saturated carbocycles. The molecule has 2 atom stereocenters. The Morgan fingerprint density at radius 3 is 2.11 bits per heavy atom. The lowest BCUT2D eigenvalue weighted by atomic mass is 9.90. The van der Waals surface area contributed by atoms with Crippen molar-refractivity contribution in [1.29, 1.82) is 0 Å². The standard InChI is InChI=1S/C15H22F3N/c1-4-6-10(3)15(19-7-5-2)14-12(17)8-11(16)9-13(14)18/h8-10,15,19H,4-7H2,1-3H3. The highest BCUT2D eigenvalue weighted by Crippen LogP contribution is 2.30. The van der Waals surface area contributed by atoms with Crippen molar-refractivity contribution in [1.82, 2.24) is 5.32 Å². The van der Waals surface area contributed by atoms with Gasteiger partial charge in [-0.15, -0.1) is 0 Å². The topological polar surface area (TPSA) is 12.0 Å². The lowest BCUT2D eigenvalue weighted by molar-refractivity contribution is 0.340. The summed E-state index contributed by atoms with van der Waals surface area (Å²) in [4.78, 5) is 0. The molecular formula is C15H22F3N. The highest BCUT2D eigenvalue weighted by Gasteiger charge is 2.25. The second kappa shape index (κ2) is 7.53. The zero-order valence-corrected chi connectivity index (χ0v) is 11.8. The molecule has 0 radical (unpaired) electrons. The van der Waals surface area contributed by atoms with Gasteiger partial charge in [0.2, 0.25) is 0 Å². The molecule has 0 fully saturated rings. The van der Waals surface area contributed by atoms with Crippen LogP contribution in [0.15, 0.2) is 12.1 Å². The Balaban J connectivity index is 3.09. The first kappa shape index (κ1) is 16.0. The highest BCUT2D eigenvalue weighted by atomic mass is 19.1. The Morgan fingerprint density at radius 2 is 1.63 bits per heavy atom. The van der Waals surface area contributed by atoms with Crippen LogP contribution in [0.25, 0.3) is 0 Å². The van der Waals surface area contributed by atoms with Gasteiger partial charge in [0, 0.05) is 23.7 Å². The van der Waals surface area contributed by atoms with Crippen LogP contribution < -0.4 is 5.32 Å². The summed E-state index contributed by atoms with van der Waals surface area (Å²) in [5.74, 6) is -2.41. The smallest absolute Gasteiger partial charge is 0.133 e. The van der Waals surface area contributed by atoms with E-state index in [-0.39, 0.29) is 11.5 Å². The molecule has 19 heavy (non-hydrogen) atoms. The fourth-order valence-corrected chi connectivity index (χ4v) is 2.36. The maximum Gasteiger partial charge on any atom is 0.133 e. The summed E-state index contributed by atoms with van der Waals surface area (Å²) in [6.07, 6.45) is 2.67. The van der Waals surface area contributed by atoms with Crippen LogP contribution in [0.2, 0.25) is 0 Å². The molecule has 2 unspecified atom stereocenters. The van der Waals surface area contributed by atoms with E-state index in [9.17, 15) is 13.2 Å². The Hall–Kier alpha value is -1.03. The van der Waals surface area contributed by atoms with Gasteiger partial charge in [-0.05, 0) is 25.3 Å². The predicted molar refractivity (Wildman–Crippen MR) is 71.4 cm³/mol. The molecule has 1 aromatic rings. The molecule has 0 aliphatic rings. The third-order valence-electron chi connectivity index (χ3n) is 3.28. The number of hydrogen-bond donors (Lipinski definition) is 1. The molecule has 0 saturated heterocycles. The van der Waals surface area contributed by atoms with Crippen molar-refractivity contribution < 1.29 is 13.2 Å². The van der Waals surface area contributed by atoms with Crippen molar-refractivity contribution in [2.45, 2.75) is 46.1 Å². The third kappa shape index (κ3) is 4.23. The molecule has 1 nitrogen and oxygen atoms in total. The molecule has 0 aliphatic carbocycles. The van der Waals surface area contributed by atoms with Crippen LogP contribution in [-0.4, -0.2) is 6.54 Å². The zero-order valence-electron chi connectivity index (χ0n) is 11.8. The van der Waals surface area contributed by atoms with Gasteiger partial charge >= 0.3 is 0 Å².